The van der Waals surface area contributed by atoms with E-state index >= 15 is 0 Å². The Morgan fingerprint density at radius 1 is 1.18 bits per heavy atom. The Labute approximate surface area is 132 Å². The number of carbonyl (C=O) groups excluding carboxylic acids is 1. The number of carboxylic acids is 1. The van der Waals surface area contributed by atoms with Crippen LogP contribution in [0.5, 0.6) is 0 Å². The molecule has 3 aliphatic rings. The molecule has 0 atom stereocenters. The summed E-state index contributed by atoms with van der Waals surface area (Å²) in [5.74, 6) is 0.178. The van der Waals surface area contributed by atoms with Gasteiger partial charge in [-0.2, -0.15) is 4.37 Å². The molecule has 1 saturated heterocycles. The number of rotatable bonds is 4. The number of aromatic nitrogens is 2. The van der Waals surface area contributed by atoms with Crippen LogP contribution in [0.25, 0.3) is 0 Å². The molecule has 1 amide bonds. The van der Waals surface area contributed by atoms with Crippen molar-refractivity contribution in [2.75, 3.05) is 31.1 Å². The maximum Gasteiger partial charge on any atom is 0.319 e. The minimum atomic E-state index is -1.12. The number of hydrogen-bond donors (Lipinski definition) is 1. The lowest BCUT2D eigenvalue weighted by Gasteiger charge is -2.35. The van der Waals surface area contributed by atoms with Crippen LogP contribution in [0, 0.1) is 5.41 Å². The molecule has 1 aromatic heterocycles. The van der Waals surface area contributed by atoms with Crippen molar-refractivity contribution in [1.82, 2.24) is 14.3 Å². The van der Waals surface area contributed by atoms with Crippen LogP contribution in [-0.4, -0.2) is 57.4 Å². The fourth-order valence-electron chi connectivity index (χ4n) is 2.91. The van der Waals surface area contributed by atoms with E-state index in [4.69, 9.17) is 0 Å². The van der Waals surface area contributed by atoms with Crippen molar-refractivity contribution < 1.29 is 14.7 Å². The Morgan fingerprint density at radius 3 is 2.41 bits per heavy atom. The molecule has 8 heteroatoms. The summed E-state index contributed by atoms with van der Waals surface area (Å²) in [6.07, 6.45) is 3.38. The zero-order valence-electron chi connectivity index (χ0n) is 12.2. The van der Waals surface area contributed by atoms with Crippen LogP contribution in [0.2, 0.25) is 0 Å². The number of carboxylic acid groups (broad SMARTS) is 1. The van der Waals surface area contributed by atoms with E-state index in [2.05, 4.69) is 14.3 Å². The van der Waals surface area contributed by atoms with E-state index in [1.165, 1.54) is 24.4 Å². The molecule has 22 heavy (non-hydrogen) atoms. The molecule has 1 N–H and O–H groups in total. The van der Waals surface area contributed by atoms with Gasteiger partial charge in [0, 0.05) is 32.1 Å². The highest BCUT2D eigenvalue weighted by molar-refractivity contribution is 7.05. The van der Waals surface area contributed by atoms with Crippen LogP contribution in [-0.2, 0) is 9.59 Å². The molecule has 118 valence electrons. The fourth-order valence-corrected chi connectivity index (χ4v) is 3.75. The van der Waals surface area contributed by atoms with Gasteiger partial charge in [-0.15, -0.1) is 0 Å². The second-order valence-corrected chi connectivity index (χ2v) is 7.16. The number of piperazine rings is 1. The average Bonchev–Trinajstić information content (AvgIpc) is 3.45. The minimum Gasteiger partial charge on any atom is -0.480 e. The highest BCUT2D eigenvalue weighted by Crippen LogP contribution is 2.47. The number of anilines is 1. The Hall–Kier alpha value is -1.70. The summed E-state index contributed by atoms with van der Waals surface area (Å²) in [4.78, 5) is 32.0. The van der Waals surface area contributed by atoms with Gasteiger partial charge in [-0.1, -0.05) is 0 Å². The zero-order valence-corrected chi connectivity index (χ0v) is 13.0. The lowest BCUT2D eigenvalue weighted by Crippen LogP contribution is -2.52. The first-order chi connectivity index (χ1) is 10.6. The summed E-state index contributed by atoms with van der Waals surface area (Å²) in [6.45, 7) is 2.43. The second-order valence-electron chi connectivity index (χ2n) is 6.37. The van der Waals surface area contributed by atoms with E-state index in [9.17, 15) is 14.7 Å². The third kappa shape index (κ3) is 2.25. The van der Waals surface area contributed by atoms with E-state index in [0.29, 0.717) is 44.9 Å². The summed E-state index contributed by atoms with van der Waals surface area (Å²) in [5.41, 5.74) is -1.12. The van der Waals surface area contributed by atoms with Gasteiger partial charge in [-0.3, -0.25) is 9.59 Å². The molecule has 0 spiro atoms. The predicted octanol–water partition coefficient (Wildman–Crippen LogP) is 0.929. The van der Waals surface area contributed by atoms with Crippen LogP contribution >= 0.6 is 11.5 Å². The van der Waals surface area contributed by atoms with Gasteiger partial charge in [0.2, 0.25) is 11.9 Å². The van der Waals surface area contributed by atoms with Gasteiger partial charge in [0.1, 0.15) is 10.4 Å². The van der Waals surface area contributed by atoms with Crippen molar-refractivity contribution in [1.29, 1.82) is 0 Å². The van der Waals surface area contributed by atoms with E-state index in [0.717, 1.165) is 11.0 Å². The number of nitrogens with zero attached hydrogens (tertiary/aromatic N) is 4. The molecule has 0 bridgehead atoms. The van der Waals surface area contributed by atoms with Crippen molar-refractivity contribution >= 4 is 29.4 Å². The Morgan fingerprint density at radius 2 is 1.86 bits per heavy atom. The Kier molecular flexibility index (Phi) is 3.11. The average molecular weight is 322 g/mol. The minimum absolute atomic E-state index is 0.218. The SMILES string of the molecule is O=C(O)C1(C(=O)N2CCN(c3nsc(C4CC4)n3)CC2)CC1. The first kappa shape index (κ1) is 13.9. The van der Waals surface area contributed by atoms with E-state index in [1.807, 2.05) is 0 Å². The van der Waals surface area contributed by atoms with E-state index < -0.39 is 11.4 Å². The topological polar surface area (TPSA) is 86.6 Å². The molecule has 2 heterocycles. The first-order valence-corrected chi connectivity index (χ1v) is 8.49. The van der Waals surface area contributed by atoms with Crippen LogP contribution in [0.15, 0.2) is 0 Å². The Balaban J connectivity index is 1.37. The lowest BCUT2D eigenvalue weighted by molar-refractivity contribution is -0.153. The van der Waals surface area contributed by atoms with Crippen LogP contribution < -0.4 is 4.90 Å². The highest BCUT2D eigenvalue weighted by atomic mass is 32.1. The van der Waals surface area contributed by atoms with Gasteiger partial charge in [-0.05, 0) is 37.2 Å². The molecule has 3 fully saturated rings. The third-order valence-corrected chi connectivity index (χ3v) is 5.64. The third-order valence-electron chi connectivity index (χ3n) is 4.78. The van der Waals surface area contributed by atoms with E-state index in [1.54, 1.807) is 4.90 Å². The molecular weight excluding hydrogens is 304 g/mol. The maximum atomic E-state index is 12.4. The smallest absolute Gasteiger partial charge is 0.319 e. The van der Waals surface area contributed by atoms with Crippen molar-refractivity contribution in [2.24, 2.45) is 5.41 Å². The van der Waals surface area contributed by atoms with Crippen LogP contribution in [0.4, 0.5) is 5.95 Å². The lowest BCUT2D eigenvalue weighted by atomic mass is 10.1. The van der Waals surface area contributed by atoms with Crippen molar-refractivity contribution in [2.45, 2.75) is 31.6 Å². The van der Waals surface area contributed by atoms with E-state index in [-0.39, 0.29) is 5.91 Å². The summed E-state index contributed by atoms with van der Waals surface area (Å²) in [6, 6.07) is 0. The maximum absolute atomic E-state index is 12.4. The summed E-state index contributed by atoms with van der Waals surface area (Å²) < 4.78 is 4.42. The first-order valence-electron chi connectivity index (χ1n) is 7.71. The summed E-state index contributed by atoms with van der Waals surface area (Å²) >= 11 is 1.48. The van der Waals surface area contributed by atoms with Gasteiger partial charge < -0.3 is 14.9 Å². The van der Waals surface area contributed by atoms with Crippen LogP contribution in [0.3, 0.4) is 0 Å². The summed E-state index contributed by atoms with van der Waals surface area (Å²) in [5, 5.41) is 10.3. The molecule has 0 aromatic carbocycles. The van der Waals surface area contributed by atoms with Gasteiger partial charge >= 0.3 is 5.97 Å². The van der Waals surface area contributed by atoms with Crippen LogP contribution in [0.1, 0.15) is 36.6 Å². The molecule has 0 unspecified atom stereocenters. The van der Waals surface area contributed by atoms with Crippen molar-refractivity contribution in [3.8, 4) is 0 Å². The summed E-state index contributed by atoms with van der Waals surface area (Å²) in [7, 11) is 0. The predicted molar refractivity (Wildman–Crippen MR) is 80.0 cm³/mol. The van der Waals surface area contributed by atoms with Gasteiger partial charge in [0.15, 0.2) is 0 Å². The van der Waals surface area contributed by atoms with Gasteiger partial charge in [-0.25, -0.2) is 4.98 Å². The highest BCUT2D eigenvalue weighted by Gasteiger charge is 2.58. The number of amides is 1. The van der Waals surface area contributed by atoms with Crippen molar-refractivity contribution in [3.05, 3.63) is 5.01 Å². The molecule has 1 aromatic rings. The number of hydrogen-bond acceptors (Lipinski definition) is 6. The quantitative estimate of drug-likeness (QED) is 0.830. The fraction of sp³-hybridized carbons (Fsp3) is 0.714. The molecule has 2 aliphatic carbocycles. The molecule has 0 radical (unpaired) electrons. The standard InChI is InChI=1S/C14H18N4O3S/c19-11(14(3-4-14)12(20)21)17-5-7-18(8-6-17)13-15-10(22-16-13)9-1-2-9/h9H,1-8H2,(H,20,21). The number of aliphatic carboxylic acids is 1. The molecule has 7 nitrogen and oxygen atoms in total. The monoisotopic (exact) mass is 322 g/mol. The zero-order chi connectivity index (χ0) is 15.3. The molecule has 1 aliphatic heterocycles. The van der Waals surface area contributed by atoms with Crippen molar-refractivity contribution in [3.63, 3.8) is 0 Å². The number of carbonyl (C=O) groups is 2. The van der Waals surface area contributed by atoms with Gasteiger partial charge in [0.25, 0.3) is 0 Å². The second kappa shape index (κ2) is 4.91. The molecular formula is C14H18N4O3S. The Bertz CT molecular complexity index is 615. The molecule has 2 saturated carbocycles. The largest absolute Gasteiger partial charge is 0.480 e. The van der Waals surface area contributed by atoms with Gasteiger partial charge in [0.05, 0.1) is 0 Å². The molecule has 4 rings (SSSR count). The normalized spacial score (nSPS) is 23.5.